The second-order valence-electron chi connectivity index (χ2n) is 6.50. The van der Waals surface area contributed by atoms with Gasteiger partial charge in [-0.1, -0.05) is 32.6 Å². The highest BCUT2D eigenvalue weighted by Gasteiger charge is 2.33. The summed E-state index contributed by atoms with van der Waals surface area (Å²) in [6.45, 7) is 4.63. The van der Waals surface area contributed by atoms with E-state index >= 15 is 0 Å². The number of hydrogen-bond acceptors (Lipinski definition) is 2. The number of piperidine rings is 1. The second-order valence-corrected chi connectivity index (χ2v) is 6.50. The summed E-state index contributed by atoms with van der Waals surface area (Å²) in [4.78, 5) is 14.4. The van der Waals surface area contributed by atoms with Crippen LogP contribution in [0.3, 0.4) is 0 Å². The van der Waals surface area contributed by atoms with Crippen LogP contribution in [0.4, 0.5) is 4.79 Å². The molecule has 2 amide bonds. The Morgan fingerprint density at radius 1 is 1.21 bits per heavy atom. The standard InChI is InChI=1S/C15H29N3O/c1-13-6-10-18(11-7-13)14(19)17-15(12-16)8-4-2-3-5-9-15/h13H,2-12,16H2,1H3,(H,17,19). The molecule has 3 N–H and O–H groups in total. The summed E-state index contributed by atoms with van der Waals surface area (Å²) in [6.07, 6.45) is 9.27. The maximum absolute atomic E-state index is 12.4. The second kappa shape index (κ2) is 6.60. The minimum Gasteiger partial charge on any atom is -0.331 e. The Balaban J connectivity index is 1.91. The minimum absolute atomic E-state index is 0.110. The lowest BCUT2D eigenvalue weighted by atomic mass is 9.90. The van der Waals surface area contributed by atoms with Gasteiger partial charge >= 0.3 is 6.03 Å². The zero-order chi connectivity index (χ0) is 13.7. The molecule has 19 heavy (non-hydrogen) atoms. The van der Waals surface area contributed by atoms with Crippen molar-refractivity contribution in [1.82, 2.24) is 10.2 Å². The fourth-order valence-corrected chi connectivity index (χ4v) is 3.30. The fraction of sp³-hybridized carbons (Fsp3) is 0.933. The van der Waals surface area contributed by atoms with Crippen LogP contribution in [0.1, 0.15) is 58.3 Å². The number of carbonyl (C=O) groups is 1. The SMILES string of the molecule is CC1CCN(C(=O)NC2(CN)CCCCCC2)CC1. The van der Waals surface area contributed by atoms with Gasteiger partial charge in [-0.05, 0) is 31.6 Å². The number of likely N-dealkylation sites (tertiary alicyclic amines) is 1. The summed E-state index contributed by atoms with van der Waals surface area (Å²) in [5.74, 6) is 0.755. The molecule has 0 bridgehead atoms. The van der Waals surface area contributed by atoms with Crippen LogP contribution in [0.15, 0.2) is 0 Å². The molecule has 110 valence electrons. The van der Waals surface area contributed by atoms with Crippen molar-refractivity contribution in [3.05, 3.63) is 0 Å². The lowest BCUT2D eigenvalue weighted by Crippen LogP contribution is -2.57. The molecule has 4 nitrogen and oxygen atoms in total. The molecule has 0 radical (unpaired) electrons. The first-order chi connectivity index (χ1) is 9.15. The predicted octanol–water partition coefficient (Wildman–Crippen LogP) is 2.48. The molecule has 0 aromatic carbocycles. The number of carbonyl (C=O) groups excluding carboxylic acids is 1. The van der Waals surface area contributed by atoms with Crippen LogP contribution >= 0.6 is 0 Å². The number of urea groups is 1. The van der Waals surface area contributed by atoms with Gasteiger partial charge in [-0.2, -0.15) is 0 Å². The summed E-state index contributed by atoms with van der Waals surface area (Å²) < 4.78 is 0. The van der Waals surface area contributed by atoms with Crippen LogP contribution in [0, 0.1) is 5.92 Å². The number of nitrogens with zero attached hydrogens (tertiary/aromatic N) is 1. The monoisotopic (exact) mass is 267 g/mol. The highest BCUT2D eigenvalue weighted by molar-refractivity contribution is 5.75. The molecule has 1 aliphatic carbocycles. The van der Waals surface area contributed by atoms with E-state index in [-0.39, 0.29) is 11.6 Å². The van der Waals surface area contributed by atoms with Gasteiger partial charge in [-0.25, -0.2) is 4.79 Å². The first-order valence-electron chi connectivity index (χ1n) is 7.92. The molecule has 4 heteroatoms. The lowest BCUT2D eigenvalue weighted by molar-refractivity contribution is 0.158. The van der Waals surface area contributed by atoms with Crippen LogP contribution in [-0.4, -0.2) is 36.1 Å². The Bertz CT molecular complexity index is 290. The van der Waals surface area contributed by atoms with Gasteiger partial charge < -0.3 is 16.0 Å². The van der Waals surface area contributed by atoms with E-state index in [0.29, 0.717) is 6.54 Å². The minimum atomic E-state index is -0.142. The number of rotatable bonds is 2. The zero-order valence-electron chi connectivity index (χ0n) is 12.3. The first kappa shape index (κ1) is 14.6. The van der Waals surface area contributed by atoms with Gasteiger partial charge in [0.1, 0.15) is 0 Å². The largest absolute Gasteiger partial charge is 0.331 e. The molecule has 0 aromatic rings. The highest BCUT2D eigenvalue weighted by Crippen LogP contribution is 2.27. The molecule has 2 rings (SSSR count). The molecule has 1 heterocycles. The third-order valence-corrected chi connectivity index (χ3v) is 4.89. The van der Waals surface area contributed by atoms with Crippen molar-refractivity contribution in [3.8, 4) is 0 Å². The quantitative estimate of drug-likeness (QED) is 0.755. The molecular formula is C15H29N3O. The van der Waals surface area contributed by atoms with E-state index in [2.05, 4.69) is 12.2 Å². The third-order valence-electron chi connectivity index (χ3n) is 4.89. The Morgan fingerprint density at radius 3 is 2.32 bits per heavy atom. The van der Waals surface area contributed by atoms with Gasteiger partial charge in [-0.15, -0.1) is 0 Å². The van der Waals surface area contributed by atoms with Crippen LogP contribution < -0.4 is 11.1 Å². The van der Waals surface area contributed by atoms with E-state index in [1.165, 1.54) is 25.7 Å². The molecule has 0 unspecified atom stereocenters. The van der Waals surface area contributed by atoms with Crippen LogP contribution in [0.25, 0.3) is 0 Å². The van der Waals surface area contributed by atoms with E-state index < -0.39 is 0 Å². The third kappa shape index (κ3) is 3.85. The van der Waals surface area contributed by atoms with Crippen molar-refractivity contribution in [2.45, 2.75) is 63.8 Å². The van der Waals surface area contributed by atoms with Gasteiger partial charge in [0.2, 0.25) is 0 Å². The molecular weight excluding hydrogens is 238 g/mol. The van der Waals surface area contributed by atoms with E-state index in [0.717, 1.165) is 44.7 Å². The Morgan fingerprint density at radius 2 is 1.79 bits per heavy atom. The van der Waals surface area contributed by atoms with Crippen molar-refractivity contribution in [1.29, 1.82) is 0 Å². The van der Waals surface area contributed by atoms with Crippen LogP contribution in [0.2, 0.25) is 0 Å². The Labute approximate surface area is 117 Å². The van der Waals surface area contributed by atoms with Gasteiger partial charge in [0.05, 0.1) is 5.54 Å². The van der Waals surface area contributed by atoms with E-state index in [4.69, 9.17) is 5.73 Å². The van der Waals surface area contributed by atoms with E-state index in [9.17, 15) is 4.79 Å². The number of hydrogen-bond donors (Lipinski definition) is 2. The van der Waals surface area contributed by atoms with Crippen molar-refractivity contribution in [2.24, 2.45) is 11.7 Å². The van der Waals surface area contributed by atoms with E-state index in [1.54, 1.807) is 0 Å². The molecule has 2 aliphatic rings. The number of nitrogens with one attached hydrogen (secondary N) is 1. The normalized spacial score (nSPS) is 24.8. The highest BCUT2D eigenvalue weighted by atomic mass is 16.2. The summed E-state index contributed by atoms with van der Waals surface area (Å²) in [6, 6.07) is 0.110. The molecule has 0 aromatic heterocycles. The maximum Gasteiger partial charge on any atom is 0.317 e. The number of nitrogens with two attached hydrogens (primary N) is 1. The Hall–Kier alpha value is -0.770. The Kier molecular flexibility index (Phi) is 5.08. The fourth-order valence-electron chi connectivity index (χ4n) is 3.30. The predicted molar refractivity (Wildman–Crippen MR) is 78.0 cm³/mol. The van der Waals surface area contributed by atoms with E-state index in [1.807, 2.05) is 4.90 Å². The average Bonchev–Trinajstić information content (AvgIpc) is 2.65. The molecule has 0 atom stereocenters. The average molecular weight is 267 g/mol. The van der Waals surface area contributed by atoms with Gasteiger partial charge in [0, 0.05) is 19.6 Å². The molecule has 0 spiro atoms. The van der Waals surface area contributed by atoms with Crippen molar-refractivity contribution < 1.29 is 4.79 Å². The lowest BCUT2D eigenvalue weighted by Gasteiger charge is -2.37. The molecule has 1 saturated carbocycles. The van der Waals surface area contributed by atoms with Gasteiger partial charge in [-0.3, -0.25) is 0 Å². The number of amides is 2. The van der Waals surface area contributed by atoms with Gasteiger partial charge in [0.25, 0.3) is 0 Å². The first-order valence-corrected chi connectivity index (χ1v) is 7.92. The van der Waals surface area contributed by atoms with Crippen LogP contribution in [-0.2, 0) is 0 Å². The summed E-state index contributed by atoms with van der Waals surface area (Å²) in [7, 11) is 0. The smallest absolute Gasteiger partial charge is 0.317 e. The summed E-state index contributed by atoms with van der Waals surface area (Å²) >= 11 is 0. The van der Waals surface area contributed by atoms with Crippen molar-refractivity contribution in [2.75, 3.05) is 19.6 Å². The summed E-state index contributed by atoms with van der Waals surface area (Å²) in [5.41, 5.74) is 5.83. The summed E-state index contributed by atoms with van der Waals surface area (Å²) in [5, 5.41) is 3.27. The van der Waals surface area contributed by atoms with Crippen molar-refractivity contribution >= 4 is 6.03 Å². The van der Waals surface area contributed by atoms with Crippen LogP contribution in [0.5, 0.6) is 0 Å². The molecule has 1 saturated heterocycles. The zero-order valence-corrected chi connectivity index (χ0v) is 12.3. The maximum atomic E-state index is 12.4. The topological polar surface area (TPSA) is 58.4 Å². The molecule has 2 fully saturated rings. The van der Waals surface area contributed by atoms with Crippen molar-refractivity contribution in [3.63, 3.8) is 0 Å². The molecule has 1 aliphatic heterocycles. The van der Waals surface area contributed by atoms with Gasteiger partial charge in [0.15, 0.2) is 0 Å².